The lowest BCUT2D eigenvalue weighted by atomic mass is 10.2. The molecule has 2 N–H and O–H groups in total. The van der Waals surface area contributed by atoms with Gasteiger partial charge in [0.25, 0.3) is 0 Å². The van der Waals surface area contributed by atoms with E-state index in [4.69, 9.17) is 9.84 Å². The van der Waals surface area contributed by atoms with Crippen LogP contribution in [0.4, 0.5) is 5.13 Å². The summed E-state index contributed by atoms with van der Waals surface area (Å²) in [5, 5.41) is 13.5. The van der Waals surface area contributed by atoms with E-state index in [2.05, 4.69) is 10.3 Å². The van der Waals surface area contributed by atoms with Crippen molar-refractivity contribution in [1.82, 2.24) is 4.98 Å². The third kappa shape index (κ3) is 3.79. The van der Waals surface area contributed by atoms with E-state index in [1.54, 1.807) is 18.2 Å². The number of aromatic nitrogens is 1. The Hall–Kier alpha value is -2.41. The number of nitrogens with one attached hydrogen (secondary N) is 1. The molecule has 0 radical (unpaired) electrons. The molecule has 0 bridgehead atoms. The minimum absolute atomic E-state index is 0.176. The second-order valence-electron chi connectivity index (χ2n) is 3.93. The summed E-state index contributed by atoms with van der Waals surface area (Å²) in [5.74, 6) is -0.750. The van der Waals surface area contributed by atoms with E-state index in [0.717, 1.165) is 5.56 Å². The van der Waals surface area contributed by atoms with Crippen molar-refractivity contribution in [2.75, 3.05) is 11.9 Å². The Balaban J connectivity index is 2.15. The van der Waals surface area contributed by atoms with Crippen molar-refractivity contribution in [3.63, 3.8) is 0 Å². The number of anilines is 1. The predicted octanol–water partition coefficient (Wildman–Crippen LogP) is 2.23. The maximum atomic E-state index is 10.9. The Kier molecular flexibility index (Phi) is 4.31. The van der Waals surface area contributed by atoms with Gasteiger partial charge in [-0.1, -0.05) is 12.1 Å². The summed E-state index contributed by atoms with van der Waals surface area (Å²) in [6, 6.07) is 6.97. The number of carbonyl (C=O) groups is 2. The molecule has 7 heteroatoms. The molecule has 0 aliphatic carbocycles. The number of aliphatic carboxylic acids is 1. The first-order valence-electron chi connectivity index (χ1n) is 5.73. The van der Waals surface area contributed by atoms with Gasteiger partial charge in [0.05, 0.1) is 5.69 Å². The van der Waals surface area contributed by atoms with Gasteiger partial charge in [0.1, 0.15) is 5.75 Å². The first-order valence-corrected chi connectivity index (χ1v) is 6.60. The normalized spacial score (nSPS) is 10.1. The molecule has 2 rings (SSSR count). The molecule has 0 saturated carbocycles. The van der Waals surface area contributed by atoms with Crippen LogP contribution in [0.2, 0.25) is 0 Å². The first kappa shape index (κ1) is 14.0. The van der Waals surface area contributed by atoms with Crippen molar-refractivity contribution in [2.24, 2.45) is 0 Å². The molecular formula is C13H12N2O4S. The summed E-state index contributed by atoms with van der Waals surface area (Å²) in [6.07, 6.45) is 0. The highest BCUT2D eigenvalue weighted by atomic mass is 32.1. The predicted molar refractivity (Wildman–Crippen MR) is 75.0 cm³/mol. The van der Waals surface area contributed by atoms with E-state index < -0.39 is 12.6 Å². The topological polar surface area (TPSA) is 88.5 Å². The van der Waals surface area contributed by atoms with Gasteiger partial charge < -0.3 is 15.2 Å². The number of hydrogen-bond acceptors (Lipinski definition) is 5. The summed E-state index contributed by atoms with van der Waals surface area (Å²) >= 11 is 1.32. The first-order chi connectivity index (χ1) is 9.54. The molecule has 1 aromatic heterocycles. The summed E-state index contributed by atoms with van der Waals surface area (Å²) < 4.78 is 5.11. The van der Waals surface area contributed by atoms with Crippen LogP contribution in [0.3, 0.4) is 0 Å². The number of benzene rings is 1. The fourth-order valence-electron chi connectivity index (χ4n) is 1.50. The zero-order valence-electron chi connectivity index (χ0n) is 10.6. The third-order valence-electron chi connectivity index (χ3n) is 2.28. The highest BCUT2D eigenvalue weighted by Crippen LogP contribution is 2.27. The van der Waals surface area contributed by atoms with Gasteiger partial charge in [0.15, 0.2) is 11.7 Å². The van der Waals surface area contributed by atoms with Crippen LogP contribution < -0.4 is 10.1 Å². The fraction of sp³-hybridized carbons (Fsp3) is 0.154. The molecule has 1 amide bonds. The van der Waals surface area contributed by atoms with Crippen molar-refractivity contribution in [3.8, 4) is 17.0 Å². The largest absolute Gasteiger partial charge is 0.482 e. The molecule has 2 aromatic rings. The molecule has 6 nitrogen and oxygen atoms in total. The smallest absolute Gasteiger partial charge is 0.341 e. The number of amides is 1. The molecule has 1 heterocycles. The van der Waals surface area contributed by atoms with Gasteiger partial charge in [-0.05, 0) is 12.1 Å². The van der Waals surface area contributed by atoms with Crippen molar-refractivity contribution in [2.45, 2.75) is 6.92 Å². The Labute approximate surface area is 119 Å². The van der Waals surface area contributed by atoms with Crippen LogP contribution in [0.25, 0.3) is 11.3 Å². The molecule has 0 spiro atoms. The van der Waals surface area contributed by atoms with Crippen LogP contribution in [0.15, 0.2) is 29.6 Å². The van der Waals surface area contributed by atoms with Crippen LogP contribution in [0.1, 0.15) is 6.92 Å². The van der Waals surface area contributed by atoms with Crippen LogP contribution in [0, 0.1) is 0 Å². The minimum atomic E-state index is -1.03. The summed E-state index contributed by atoms with van der Waals surface area (Å²) in [4.78, 5) is 25.7. The monoisotopic (exact) mass is 292 g/mol. The van der Waals surface area contributed by atoms with Crippen LogP contribution >= 0.6 is 11.3 Å². The van der Waals surface area contributed by atoms with Gasteiger partial charge in [-0.15, -0.1) is 11.3 Å². The lowest BCUT2D eigenvalue weighted by Crippen LogP contribution is -2.09. The maximum Gasteiger partial charge on any atom is 0.341 e. The molecular weight excluding hydrogens is 280 g/mol. The van der Waals surface area contributed by atoms with Gasteiger partial charge in [0, 0.05) is 17.9 Å². The quantitative estimate of drug-likeness (QED) is 0.882. The number of nitrogens with zero attached hydrogens (tertiary/aromatic N) is 1. The van der Waals surface area contributed by atoms with Crippen molar-refractivity contribution >= 4 is 28.3 Å². The lowest BCUT2D eigenvalue weighted by molar-refractivity contribution is -0.139. The fourth-order valence-corrected chi connectivity index (χ4v) is 2.27. The molecule has 20 heavy (non-hydrogen) atoms. The Morgan fingerprint density at radius 2 is 2.25 bits per heavy atom. The zero-order valence-corrected chi connectivity index (χ0v) is 11.4. The van der Waals surface area contributed by atoms with Gasteiger partial charge in [-0.2, -0.15) is 0 Å². The SMILES string of the molecule is CC(=O)Nc1nc(-c2cccc(OCC(=O)O)c2)cs1. The third-order valence-corrected chi connectivity index (χ3v) is 3.04. The van der Waals surface area contributed by atoms with E-state index in [-0.39, 0.29) is 5.91 Å². The van der Waals surface area contributed by atoms with Gasteiger partial charge >= 0.3 is 5.97 Å². The van der Waals surface area contributed by atoms with Crippen LogP contribution in [-0.4, -0.2) is 28.6 Å². The average molecular weight is 292 g/mol. The highest BCUT2D eigenvalue weighted by molar-refractivity contribution is 7.14. The van der Waals surface area contributed by atoms with Crippen molar-refractivity contribution < 1.29 is 19.4 Å². The summed E-state index contributed by atoms with van der Waals surface area (Å²) in [7, 11) is 0. The van der Waals surface area contributed by atoms with Gasteiger partial charge in [0.2, 0.25) is 5.91 Å². The van der Waals surface area contributed by atoms with E-state index in [1.807, 2.05) is 11.4 Å². The zero-order chi connectivity index (χ0) is 14.5. The number of ether oxygens (including phenoxy) is 1. The number of carboxylic acid groups (broad SMARTS) is 1. The standard InChI is InChI=1S/C13H12N2O4S/c1-8(16)14-13-15-11(7-20-13)9-3-2-4-10(5-9)19-6-12(17)18/h2-5,7H,6H2,1H3,(H,17,18)(H,14,15,16). The van der Waals surface area contributed by atoms with E-state index in [0.29, 0.717) is 16.6 Å². The Morgan fingerprint density at radius 3 is 2.95 bits per heavy atom. The van der Waals surface area contributed by atoms with Crippen LogP contribution in [0.5, 0.6) is 5.75 Å². The average Bonchev–Trinajstić information content (AvgIpc) is 2.84. The molecule has 0 aliphatic heterocycles. The Morgan fingerprint density at radius 1 is 1.45 bits per heavy atom. The maximum absolute atomic E-state index is 10.9. The van der Waals surface area contributed by atoms with Crippen molar-refractivity contribution in [3.05, 3.63) is 29.6 Å². The molecule has 0 unspecified atom stereocenters. The number of carboxylic acids is 1. The summed E-state index contributed by atoms with van der Waals surface area (Å²) in [5.41, 5.74) is 1.49. The van der Waals surface area contributed by atoms with E-state index >= 15 is 0 Å². The molecule has 104 valence electrons. The molecule has 1 aromatic carbocycles. The number of carbonyl (C=O) groups excluding carboxylic acids is 1. The minimum Gasteiger partial charge on any atom is -0.482 e. The van der Waals surface area contributed by atoms with E-state index in [1.165, 1.54) is 18.3 Å². The molecule has 0 aliphatic rings. The molecule has 0 fully saturated rings. The van der Waals surface area contributed by atoms with Crippen molar-refractivity contribution in [1.29, 1.82) is 0 Å². The number of rotatable bonds is 5. The Bertz CT molecular complexity index is 639. The second kappa shape index (κ2) is 6.16. The van der Waals surface area contributed by atoms with Gasteiger partial charge in [-0.25, -0.2) is 9.78 Å². The molecule has 0 atom stereocenters. The van der Waals surface area contributed by atoms with E-state index in [9.17, 15) is 9.59 Å². The number of thiazole rings is 1. The highest BCUT2D eigenvalue weighted by Gasteiger charge is 2.07. The van der Waals surface area contributed by atoms with Crippen LogP contribution in [-0.2, 0) is 9.59 Å². The second-order valence-corrected chi connectivity index (χ2v) is 4.79. The lowest BCUT2D eigenvalue weighted by Gasteiger charge is -2.04. The molecule has 0 saturated heterocycles. The summed E-state index contributed by atoms with van der Waals surface area (Å²) in [6.45, 7) is 1.03. The van der Waals surface area contributed by atoms with Gasteiger partial charge in [-0.3, -0.25) is 4.79 Å². The number of hydrogen-bond donors (Lipinski definition) is 2.